The number of amides is 1. The number of hydrogen-bond donors (Lipinski definition) is 1. The number of nitrogens with zero attached hydrogens (tertiary/aromatic N) is 1. The molecule has 2 rings (SSSR count). The Kier molecular flexibility index (Phi) is 5.51. The monoisotopic (exact) mass is 330 g/mol. The maximum atomic E-state index is 12.6. The Morgan fingerprint density at radius 1 is 1.43 bits per heavy atom. The Morgan fingerprint density at radius 2 is 2.17 bits per heavy atom. The standard InChI is InChI=1S/C16H21F3N2O2/c1-11-5-6-21(13(7-11)9-20)15(22)10-23-14-4-2-3-12(8-14)16(17,18)19/h2-4,8,11,13H,5-7,9-10,20H2,1H3. The maximum Gasteiger partial charge on any atom is 0.416 e. The summed E-state index contributed by atoms with van der Waals surface area (Å²) < 4.78 is 43.2. The minimum atomic E-state index is -4.43. The Hall–Kier alpha value is -1.76. The molecule has 1 saturated heterocycles. The molecule has 128 valence electrons. The van der Waals surface area contributed by atoms with E-state index in [4.69, 9.17) is 10.5 Å². The topological polar surface area (TPSA) is 55.6 Å². The minimum absolute atomic E-state index is 0.0304. The van der Waals surface area contributed by atoms with Gasteiger partial charge in [-0.05, 0) is 37.0 Å². The molecule has 1 amide bonds. The summed E-state index contributed by atoms with van der Waals surface area (Å²) in [5, 5.41) is 0. The van der Waals surface area contributed by atoms with Crippen LogP contribution in [0.1, 0.15) is 25.3 Å². The van der Waals surface area contributed by atoms with Crippen molar-refractivity contribution >= 4 is 5.91 Å². The molecular weight excluding hydrogens is 309 g/mol. The smallest absolute Gasteiger partial charge is 0.416 e. The van der Waals surface area contributed by atoms with Gasteiger partial charge in [-0.15, -0.1) is 0 Å². The van der Waals surface area contributed by atoms with Crippen LogP contribution in [0.5, 0.6) is 5.75 Å². The van der Waals surface area contributed by atoms with Crippen LogP contribution in [-0.4, -0.2) is 36.5 Å². The number of benzene rings is 1. The fraction of sp³-hybridized carbons (Fsp3) is 0.562. The van der Waals surface area contributed by atoms with Gasteiger partial charge in [-0.25, -0.2) is 0 Å². The molecule has 0 radical (unpaired) electrons. The van der Waals surface area contributed by atoms with Gasteiger partial charge in [-0.1, -0.05) is 13.0 Å². The molecule has 0 saturated carbocycles. The molecule has 0 aliphatic carbocycles. The lowest BCUT2D eigenvalue weighted by molar-refractivity contribution is -0.137. The highest BCUT2D eigenvalue weighted by molar-refractivity contribution is 5.78. The van der Waals surface area contributed by atoms with Crippen LogP contribution in [0, 0.1) is 5.92 Å². The molecule has 1 aromatic rings. The first-order valence-electron chi connectivity index (χ1n) is 7.61. The van der Waals surface area contributed by atoms with Crippen molar-refractivity contribution in [2.24, 2.45) is 11.7 Å². The second kappa shape index (κ2) is 7.21. The van der Waals surface area contributed by atoms with Gasteiger partial charge in [-0.2, -0.15) is 13.2 Å². The number of carbonyl (C=O) groups is 1. The first-order chi connectivity index (χ1) is 10.8. The third kappa shape index (κ3) is 4.60. The second-order valence-electron chi connectivity index (χ2n) is 5.92. The van der Waals surface area contributed by atoms with E-state index in [1.807, 2.05) is 0 Å². The summed E-state index contributed by atoms with van der Waals surface area (Å²) in [5.74, 6) is 0.296. The molecule has 4 nitrogen and oxygen atoms in total. The van der Waals surface area contributed by atoms with E-state index in [2.05, 4.69) is 6.92 Å². The Bertz CT molecular complexity index is 548. The number of halogens is 3. The minimum Gasteiger partial charge on any atom is -0.484 e. The first-order valence-corrected chi connectivity index (χ1v) is 7.61. The van der Waals surface area contributed by atoms with Crippen molar-refractivity contribution < 1.29 is 22.7 Å². The van der Waals surface area contributed by atoms with E-state index in [0.717, 1.165) is 25.0 Å². The molecule has 1 fully saturated rings. The van der Waals surface area contributed by atoms with E-state index in [9.17, 15) is 18.0 Å². The van der Waals surface area contributed by atoms with Crippen molar-refractivity contribution in [3.63, 3.8) is 0 Å². The lowest BCUT2D eigenvalue weighted by atomic mass is 9.92. The number of ether oxygens (including phenoxy) is 1. The Morgan fingerprint density at radius 3 is 2.83 bits per heavy atom. The quantitative estimate of drug-likeness (QED) is 0.923. The summed E-state index contributed by atoms with van der Waals surface area (Å²) in [6.45, 7) is 2.81. The van der Waals surface area contributed by atoms with Gasteiger partial charge in [-0.3, -0.25) is 4.79 Å². The third-order valence-electron chi connectivity index (χ3n) is 4.09. The van der Waals surface area contributed by atoms with Gasteiger partial charge in [0.1, 0.15) is 5.75 Å². The number of rotatable bonds is 4. The molecule has 0 bridgehead atoms. The number of piperidine rings is 1. The third-order valence-corrected chi connectivity index (χ3v) is 4.09. The normalized spacial score (nSPS) is 22.0. The maximum absolute atomic E-state index is 12.6. The fourth-order valence-corrected chi connectivity index (χ4v) is 2.79. The van der Waals surface area contributed by atoms with Crippen LogP contribution < -0.4 is 10.5 Å². The summed E-state index contributed by atoms with van der Waals surface area (Å²) >= 11 is 0. The van der Waals surface area contributed by atoms with E-state index in [1.165, 1.54) is 12.1 Å². The molecule has 7 heteroatoms. The largest absolute Gasteiger partial charge is 0.484 e. The SMILES string of the molecule is CC1CCN(C(=O)COc2cccc(C(F)(F)F)c2)C(CN)C1. The van der Waals surface area contributed by atoms with Crippen LogP contribution in [-0.2, 0) is 11.0 Å². The van der Waals surface area contributed by atoms with E-state index < -0.39 is 11.7 Å². The zero-order valence-corrected chi connectivity index (χ0v) is 13.0. The highest BCUT2D eigenvalue weighted by Crippen LogP contribution is 2.31. The summed E-state index contributed by atoms with van der Waals surface area (Å²) in [6.07, 6.45) is -2.70. The first kappa shape index (κ1) is 17.6. The Balaban J connectivity index is 1.96. The summed E-state index contributed by atoms with van der Waals surface area (Å²) in [5.41, 5.74) is 4.91. The van der Waals surface area contributed by atoms with E-state index in [-0.39, 0.29) is 24.3 Å². The number of alkyl halides is 3. The highest BCUT2D eigenvalue weighted by Gasteiger charge is 2.31. The zero-order chi connectivity index (χ0) is 17.0. The molecule has 1 aliphatic heterocycles. The molecule has 1 aromatic carbocycles. The van der Waals surface area contributed by atoms with E-state index in [1.54, 1.807) is 4.90 Å². The average Bonchev–Trinajstić information content (AvgIpc) is 2.52. The molecule has 0 aromatic heterocycles. The van der Waals surface area contributed by atoms with Crippen molar-refractivity contribution in [3.05, 3.63) is 29.8 Å². The summed E-state index contributed by atoms with van der Waals surface area (Å²) in [4.78, 5) is 13.9. The molecule has 1 heterocycles. The van der Waals surface area contributed by atoms with Gasteiger partial charge in [0, 0.05) is 19.1 Å². The second-order valence-corrected chi connectivity index (χ2v) is 5.92. The average molecular weight is 330 g/mol. The van der Waals surface area contributed by atoms with Gasteiger partial charge < -0.3 is 15.4 Å². The Labute approximate surface area is 133 Å². The molecule has 2 unspecified atom stereocenters. The fourth-order valence-electron chi connectivity index (χ4n) is 2.79. The van der Waals surface area contributed by atoms with Crippen molar-refractivity contribution in [3.8, 4) is 5.75 Å². The zero-order valence-electron chi connectivity index (χ0n) is 13.0. The van der Waals surface area contributed by atoms with Gasteiger partial charge in [0.05, 0.1) is 5.56 Å². The summed E-state index contributed by atoms with van der Waals surface area (Å²) in [6, 6.07) is 4.49. The van der Waals surface area contributed by atoms with E-state index >= 15 is 0 Å². The van der Waals surface area contributed by atoms with Crippen LogP contribution >= 0.6 is 0 Å². The van der Waals surface area contributed by atoms with Crippen molar-refractivity contribution in [2.45, 2.75) is 32.0 Å². The van der Waals surface area contributed by atoms with Crippen molar-refractivity contribution in [1.82, 2.24) is 4.90 Å². The lowest BCUT2D eigenvalue weighted by Gasteiger charge is -2.37. The number of carbonyl (C=O) groups excluding carboxylic acids is 1. The van der Waals surface area contributed by atoms with Crippen molar-refractivity contribution in [1.29, 1.82) is 0 Å². The molecule has 2 N–H and O–H groups in total. The molecular formula is C16H21F3N2O2. The van der Waals surface area contributed by atoms with Gasteiger partial charge in [0.2, 0.25) is 0 Å². The predicted molar refractivity (Wildman–Crippen MR) is 79.9 cm³/mol. The highest BCUT2D eigenvalue weighted by atomic mass is 19.4. The van der Waals surface area contributed by atoms with E-state index in [0.29, 0.717) is 19.0 Å². The lowest BCUT2D eigenvalue weighted by Crippen LogP contribution is -2.50. The number of nitrogens with two attached hydrogens (primary N) is 1. The predicted octanol–water partition coefficient (Wildman–Crippen LogP) is 2.67. The number of hydrogen-bond acceptors (Lipinski definition) is 3. The van der Waals surface area contributed by atoms with Crippen LogP contribution in [0.25, 0.3) is 0 Å². The van der Waals surface area contributed by atoms with Gasteiger partial charge in [0.25, 0.3) is 5.91 Å². The van der Waals surface area contributed by atoms with Gasteiger partial charge >= 0.3 is 6.18 Å². The van der Waals surface area contributed by atoms with Crippen LogP contribution in [0.2, 0.25) is 0 Å². The molecule has 23 heavy (non-hydrogen) atoms. The van der Waals surface area contributed by atoms with Crippen LogP contribution in [0.4, 0.5) is 13.2 Å². The van der Waals surface area contributed by atoms with Crippen LogP contribution in [0.15, 0.2) is 24.3 Å². The van der Waals surface area contributed by atoms with Gasteiger partial charge in [0.15, 0.2) is 6.61 Å². The summed E-state index contributed by atoms with van der Waals surface area (Å²) in [7, 11) is 0. The van der Waals surface area contributed by atoms with Crippen molar-refractivity contribution in [2.75, 3.05) is 19.7 Å². The molecule has 2 atom stereocenters. The molecule has 0 spiro atoms. The van der Waals surface area contributed by atoms with Crippen LogP contribution in [0.3, 0.4) is 0 Å². The number of likely N-dealkylation sites (tertiary alicyclic amines) is 1. The molecule has 1 aliphatic rings.